The van der Waals surface area contributed by atoms with Gasteiger partial charge < -0.3 is 100 Å². The van der Waals surface area contributed by atoms with Gasteiger partial charge >= 0.3 is 14.5 Å². The number of phosphoric acid groups is 1. The van der Waals surface area contributed by atoms with E-state index in [9.17, 15) is 88.5 Å². The largest absolute Gasteiger partial charge is 0.472 e. The number of likely N-dealkylation sites (tertiary alicyclic amines) is 2. The molecule has 4 saturated heterocycles. The first-order valence-electron chi connectivity index (χ1n) is 33.6. The summed E-state index contributed by atoms with van der Waals surface area (Å²) in [4.78, 5) is 125. The summed E-state index contributed by atoms with van der Waals surface area (Å²) < 4.78 is 55.4. The molecule has 0 saturated carbocycles. The Bertz CT molecular complexity index is 2540. The number of hydrogen-bond donors (Lipinski definition) is 15. The first-order valence-corrected chi connectivity index (χ1v) is 38.3. The number of hydrogen-bond acceptors (Lipinski definition) is 27. The topological polar surface area (TPSA) is 484 Å². The molecular weight excluding hydrogens is 1360 g/mol. The van der Waals surface area contributed by atoms with E-state index in [0.29, 0.717) is 128 Å². The van der Waals surface area contributed by atoms with Crippen molar-refractivity contribution < 1.29 is 131 Å². The predicted octanol–water partition coefficient (Wildman–Crippen LogP) is 0.194. The molecule has 6 amide bonds. The number of nitrogens with zero attached hydrogens (tertiary/aromatic N) is 2. The van der Waals surface area contributed by atoms with Crippen molar-refractivity contribution in [3.05, 3.63) is 0 Å². The Morgan fingerprint density at radius 3 is 1.64 bits per heavy atom. The number of rotatable bonds is 49. The number of carbonyl (C=O) groups excluding carboxylic acids is 8. The Hall–Kier alpha value is -3.33. The third-order valence-corrected chi connectivity index (χ3v) is 19.6. The minimum absolute atomic E-state index is 0.00323. The van der Waals surface area contributed by atoms with Crippen LogP contribution in [0.3, 0.4) is 0 Å². The first kappa shape index (κ1) is 86.1. The van der Waals surface area contributed by atoms with Crippen molar-refractivity contribution >= 4 is 86.0 Å². The molecule has 4 aliphatic rings. The van der Waals surface area contributed by atoms with Crippen molar-refractivity contribution in [2.24, 2.45) is 5.92 Å². The highest BCUT2D eigenvalue weighted by Crippen LogP contribution is 2.48. The van der Waals surface area contributed by atoms with Crippen LogP contribution >= 0.6 is 27.2 Å². The maximum atomic E-state index is 13.6. The summed E-state index contributed by atoms with van der Waals surface area (Å²) in [5, 5.41) is 90.8. The fourth-order valence-corrected chi connectivity index (χ4v) is 13.6. The van der Waals surface area contributed by atoms with Gasteiger partial charge in [0.25, 0.3) is 0 Å². The molecule has 0 aliphatic carbocycles. The van der Waals surface area contributed by atoms with Crippen LogP contribution in [0.2, 0.25) is 0 Å². The second-order valence-corrected chi connectivity index (χ2v) is 29.6. The maximum absolute atomic E-state index is 13.6. The number of ether oxygens (including phenoxy) is 4. The number of carbonyl (C=O) groups is 8. The average molecular weight is 1470 g/mol. The van der Waals surface area contributed by atoms with E-state index >= 15 is 0 Å². The molecule has 0 spiro atoms. The molecule has 37 heteroatoms. The third kappa shape index (κ3) is 31.8. The van der Waals surface area contributed by atoms with Gasteiger partial charge in [0, 0.05) is 104 Å². The average Bonchev–Trinajstić information content (AvgIpc) is 1.63. The van der Waals surface area contributed by atoms with Gasteiger partial charge in [-0.2, -0.15) is 17.3 Å². The standard InChI is InChI=1S/C60H106N6O27P2S2/c1-38(69)63-52-56(79)54(77)47(34-67)90-59(52)86-26-14-10-20-44(72)29-40(17-9-13-24-61-49(74)21-11-15-27-87-60-53(64-39(2)70)57(80)55(78)48(35-68)91-60)58(81)62-25-12-5-7-19-43(71)18-6-3-4-8-22-50(75)65-32-45(73)30-41(65)36-88-94(83,84)92-46-31-42(37-89-95(85,97)93-82)66(33-46)51(76)23-16-28-96/h40-42,45-48,52-57,59-60,67-68,73,77-80,82,96H,3-37H2,1-2H3,(H,61,74)(H,62,81)(H,63,69)(H,64,70)(H,83,84)(H,85,97)/t40-,41?,42+,45-,46-,47?,48?,52+,53+,54+,55+,56-,57-,59?,60?,95?/m1/s1. The summed E-state index contributed by atoms with van der Waals surface area (Å²) in [6, 6.07) is -3.68. The van der Waals surface area contributed by atoms with E-state index in [1.165, 1.54) is 23.6 Å². The highest BCUT2D eigenvalue weighted by atomic mass is 32.5. The van der Waals surface area contributed by atoms with Crippen molar-refractivity contribution in [1.29, 1.82) is 0 Å². The van der Waals surface area contributed by atoms with Gasteiger partial charge in [0.15, 0.2) is 12.6 Å². The lowest BCUT2D eigenvalue weighted by atomic mass is 9.93. The fraction of sp³-hybridized carbons (Fsp3) is 0.867. The van der Waals surface area contributed by atoms with Crippen molar-refractivity contribution in [3.63, 3.8) is 0 Å². The van der Waals surface area contributed by atoms with E-state index in [1.54, 1.807) is 0 Å². The number of amides is 6. The maximum Gasteiger partial charge on any atom is 0.472 e. The van der Waals surface area contributed by atoms with Crippen LogP contribution in [0.15, 0.2) is 0 Å². The summed E-state index contributed by atoms with van der Waals surface area (Å²) in [6.07, 6.45) is -3.44. The van der Waals surface area contributed by atoms with Crippen molar-refractivity contribution in [1.82, 2.24) is 31.1 Å². The zero-order chi connectivity index (χ0) is 71.7. The van der Waals surface area contributed by atoms with Crippen LogP contribution in [-0.2, 0) is 91.9 Å². The first-order chi connectivity index (χ1) is 46.1. The number of aliphatic hydroxyl groups is 7. The van der Waals surface area contributed by atoms with Gasteiger partial charge in [0.05, 0.1) is 50.7 Å². The van der Waals surface area contributed by atoms with Crippen LogP contribution in [-0.4, -0.2) is 265 Å². The van der Waals surface area contributed by atoms with E-state index in [2.05, 4.69) is 50.4 Å². The minimum Gasteiger partial charge on any atom is -0.394 e. The molecule has 4 fully saturated rings. The molecule has 0 aromatic carbocycles. The summed E-state index contributed by atoms with van der Waals surface area (Å²) in [5.41, 5.74) is 0. The number of unbranched alkanes of at least 4 members (excludes halogenated alkanes) is 8. The number of β-amino-alcohol motifs (C(OH)–C–C–N with tert-alkyl or cyclic N) is 1. The molecule has 0 aromatic rings. The Balaban J connectivity index is 1.14. The molecule has 4 rings (SSSR count). The molecule has 4 heterocycles. The number of Topliss-reactive ketones (excluding diaryl/α,β-unsaturated/α-hetero) is 2. The van der Waals surface area contributed by atoms with Crippen molar-refractivity contribution in [2.75, 3.05) is 71.6 Å². The van der Waals surface area contributed by atoms with Crippen LogP contribution in [0.4, 0.5) is 0 Å². The van der Waals surface area contributed by atoms with E-state index in [1.807, 2.05) is 0 Å². The van der Waals surface area contributed by atoms with E-state index in [4.69, 9.17) is 37.8 Å². The molecule has 0 aromatic heterocycles. The van der Waals surface area contributed by atoms with Gasteiger partial charge in [0.1, 0.15) is 60.3 Å². The Kier molecular flexibility index (Phi) is 40.5. The zero-order valence-corrected chi connectivity index (χ0v) is 59.0. The minimum atomic E-state index is -4.77. The second kappa shape index (κ2) is 45.6. The molecule has 14 N–H and O–H groups in total. The third-order valence-electron chi connectivity index (χ3n) is 17.1. The lowest BCUT2D eigenvalue weighted by molar-refractivity contribution is -0.270. The van der Waals surface area contributed by atoms with Crippen LogP contribution in [0.1, 0.15) is 168 Å². The number of ketones is 2. The molecule has 7 unspecified atom stereocenters. The lowest BCUT2D eigenvalue weighted by Gasteiger charge is -2.42. The van der Waals surface area contributed by atoms with Gasteiger partial charge in [0.2, 0.25) is 35.4 Å². The van der Waals surface area contributed by atoms with Gasteiger partial charge in [-0.1, -0.05) is 25.7 Å². The smallest absolute Gasteiger partial charge is 0.394 e. The van der Waals surface area contributed by atoms with Crippen LogP contribution < -0.4 is 21.3 Å². The lowest BCUT2D eigenvalue weighted by Crippen LogP contribution is -2.64. The van der Waals surface area contributed by atoms with Crippen molar-refractivity contribution in [2.45, 2.75) is 254 Å². The molecule has 0 bridgehead atoms. The molecule has 97 heavy (non-hydrogen) atoms. The Morgan fingerprint density at radius 2 is 1.08 bits per heavy atom. The SMILES string of the molecule is CC(=O)N[C@@H]1C(OCCCCC(=O)C[C@@H](CCCCNC(=O)CCCCOC2OC(CO)[C@H](O)[C@H](O)[C@@H]2NC(C)=O)C(=O)NCCCCCC(=O)CCCCCCC(=O)N2C[C@H](O)CC2COP(=O)(O)O[C@@H]2C[C@@H](COP(O)(=S)OO)N(C(=O)CCCS)C2)OC(CO)[C@H](O)[C@@H]1O. The Morgan fingerprint density at radius 1 is 0.598 bits per heavy atom. The van der Waals surface area contributed by atoms with Gasteiger partial charge in [-0.15, -0.1) is 0 Å². The Labute approximate surface area is 576 Å². The monoisotopic (exact) mass is 1470 g/mol. The molecule has 17 atom stereocenters. The molecule has 560 valence electrons. The van der Waals surface area contributed by atoms with Crippen LogP contribution in [0.5, 0.6) is 0 Å². The summed E-state index contributed by atoms with van der Waals surface area (Å²) in [6.45, 7) is -2.87. The van der Waals surface area contributed by atoms with Gasteiger partial charge in [-0.05, 0) is 101 Å². The second-order valence-electron chi connectivity index (χ2n) is 25.1. The van der Waals surface area contributed by atoms with E-state index in [-0.39, 0.29) is 113 Å². The number of phosphoric ester groups is 1. The predicted molar refractivity (Wildman–Crippen MR) is 351 cm³/mol. The zero-order valence-electron chi connectivity index (χ0n) is 55.5. The summed E-state index contributed by atoms with van der Waals surface area (Å²) in [5.74, 6) is -2.45. The number of nitrogens with one attached hydrogen (secondary N) is 4. The quantitative estimate of drug-likeness (QED) is 0.0127. The van der Waals surface area contributed by atoms with Crippen LogP contribution in [0.25, 0.3) is 0 Å². The normalized spacial score (nSPS) is 27.4. The highest BCUT2D eigenvalue weighted by molar-refractivity contribution is 8.07. The number of aliphatic hydroxyl groups excluding tert-OH is 7. The highest BCUT2D eigenvalue weighted by Gasteiger charge is 2.47. The fourth-order valence-electron chi connectivity index (χ4n) is 11.9. The molecule has 0 radical (unpaired) electrons. The van der Waals surface area contributed by atoms with E-state index in [0.717, 1.165) is 0 Å². The van der Waals surface area contributed by atoms with Gasteiger partial charge in [-0.3, -0.25) is 47.4 Å². The van der Waals surface area contributed by atoms with Crippen LogP contribution in [0, 0.1) is 5.92 Å². The van der Waals surface area contributed by atoms with Gasteiger partial charge in [-0.25, -0.2) is 9.82 Å². The summed E-state index contributed by atoms with van der Waals surface area (Å²) >= 11 is 8.80. The summed E-state index contributed by atoms with van der Waals surface area (Å²) in [7, 11) is -4.77. The molecular formula is C60H106N6O27P2S2. The van der Waals surface area contributed by atoms with E-state index < -0.39 is 138 Å². The number of thiol groups is 1. The molecule has 33 nitrogen and oxygen atoms in total. The molecule has 4 aliphatic heterocycles. The van der Waals surface area contributed by atoms with Crippen molar-refractivity contribution in [3.8, 4) is 0 Å².